The van der Waals surface area contributed by atoms with E-state index in [-0.39, 0.29) is 5.97 Å². The van der Waals surface area contributed by atoms with Crippen LogP contribution in [0, 0.1) is 6.92 Å². The van der Waals surface area contributed by atoms with E-state index in [0.29, 0.717) is 5.69 Å². The van der Waals surface area contributed by atoms with Crippen LogP contribution >= 0.6 is 0 Å². The van der Waals surface area contributed by atoms with Crippen LogP contribution < -0.4 is 0 Å². The van der Waals surface area contributed by atoms with E-state index in [2.05, 4.69) is 19.7 Å². The summed E-state index contributed by atoms with van der Waals surface area (Å²) in [7, 11) is 1.36. The van der Waals surface area contributed by atoms with Gasteiger partial charge in [0.2, 0.25) is 0 Å². The van der Waals surface area contributed by atoms with Gasteiger partial charge in [-0.3, -0.25) is 0 Å². The van der Waals surface area contributed by atoms with Crippen LogP contribution in [-0.2, 0) is 4.74 Å². The van der Waals surface area contributed by atoms with E-state index in [9.17, 15) is 4.79 Å². The fourth-order valence-electron chi connectivity index (χ4n) is 2.13. The second-order valence-electron chi connectivity index (χ2n) is 4.31. The number of nitrogens with zero attached hydrogens (tertiary/aromatic N) is 1. The molecule has 0 unspecified atom stereocenters. The Morgan fingerprint density at radius 2 is 2.16 bits per heavy atom. The second-order valence-corrected chi connectivity index (χ2v) is 4.31. The van der Waals surface area contributed by atoms with Gasteiger partial charge in [0, 0.05) is 28.5 Å². The molecule has 0 aliphatic rings. The monoisotopic (exact) mass is 255 g/mol. The average molecular weight is 255 g/mol. The van der Waals surface area contributed by atoms with E-state index in [1.54, 1.807) is 6.07 Å². The van der Waals surface area contributed by atoms with Crippen molar-refractivity contribution in [3.05, 3.63) is 41.9 Å². The molecule has 0 bridgehead atoms. The summed E-state index contributed by atoms with van der Waals surface area (Å²) in [5.74, 6) is -0.375. The highest BCUT2D eigenvalue weighted by Crippen LogP contribution is 2.25. The number of H-pyrrole nitrogens is 2. The molecule has 0 spiro atoms. The number of hydrogen-bond donors (Lipinski definition) is 2. The Hall–Kier alpha value is -2.56. The SMILES string of the molecule is COC(=O)c1ccc(-c2cc3cc[nH]c3nc2C)[nH]1. The Morgan fingerprint density at radius 1 is 1.32 bits per heavy atom. The number of carbonyl (C=O) groups excluding carboxylic acids is 1. The van der Waals surface area contributed by atoms with Gasteiger partial charge in [-0.05, 0) is 31.2 Å². The Bertz CT molecular complexity index is 755. The van der Waals surface area contributed by atoms with Crippen molar-refractivity contribution >= 4 is 17.0 Å². The van der Waals surface area contributed by atoms with Crippen molar-refractivity contribution in [2.45, 2.75) is 6.92 Å². The number of methoxy groups -OCH3 is 1. The number of carbonyl (C=O) groups is 1. The molecular formula is C14H13N3O2. The predicted molar refractivity (Wildman–Crippen MR) is 72.0 cm³/mol. The van der Waals surface area contributed by atoms with Gasteiger partial charge < -0.3 is 14.7 Å². The predicted octanol–water partition coefficient (Wildman–Crippen LogP) is 2.65. The first-order chi connectivity index (χ1) is 9.19. The first-order valence-electron chi connectivity index (χ1n) is 5.91. The topological polar surface area (TPSA) is 70.8 Å². The zero-order chi connectivity index (χ0) is 13.4. The van der Waals surface area contributed by atoms with Crippen LogP contribution in [-0.4, -0.2) is 28.0 Å². The summed E-state index contributed by atoms with van der Waals surface area (Å²) < 4.78 is 4.68. The Balaban J connectivity index is 2.10. The molecule has 3 aromatic rings. The third-order valence-electron chi connectivity index (χ3n) is 3.11. The number of pyridine rings is 1. The van der Waals surface area contributed by atoms with Crippen molar-refractivity contribution in [3.8, 4) is 11.3 Å². The molecule has 3 aromatic heterocycles. The minimum Gasteiger partial charge on any atom is -0.464 e. The standard InChI is InChI=1S/C14H13N3O2/c1-8-10(7-9-5-6-15-13(9)16-8)11-3-4-12(17-11)14(18)19-2/h3-7,17H,1-2H3,(H,15,16). The average Bonchev–Trinajstić information content (AvgIpc) is 3.04. The van der Waals surface area contributed by atoms with Gasteiger partial charge in [0.15, 0.2) is 0 Å². The number of esters is 1. The van der Waals surface area contributed by atoms with Gasteiger partial charge in [0.05, 0.1) is 7.11 Å². The van der Waals surface area contributed by atoms with Crippen LogP contribution in [0.4, 0.5) is 0 Å². The van der Waals surface area contributed by atoms with E-state index in [1.165, 1.54) is 7.11 Å². The van der Waals surface area contributed by atoms with Gasteiger partial charge in [-0.2, -0.15) is 0 Å². The quantitative estimate of drug-likeness (QED) is 0.691. The highest BCUT2D eigenvalue weighted by atomic mass is 16.5. The molecule has 5 nitrogen and oxygen atoms in total. The summed E-state index contributed by atoms with van der Waals surface area (Å²) in [6, 6.07) is 7.58. The Kier molecular flexibility index (Phi) is 2.59. The van der Waals surface area contributed by atoms with E-state index >= 15 is 0 Å². The van der Waals surface area contributed by atoms with E-state index < -0.39 is 0 Å². The summed E-state index contributed by atoms with van der Waals surface area (Å²) in [5, 5.41) is 1.04. The number of aromatic nitrogens is 3. The third-order valence-corrected chi connectivity index (χ3v) is 3.11. The maximum Gasteiger partial charge on any atom is 0.354 e. The molecule has 3 rings (SSSR count). The summed E-state index contributed by atoms with van der Waals surface area (Å²) in [4.78, 5) is 22.1. The lowest BCUT2D eigenvalue weighted by atomic mass is 10.1. The minimum atomic E-state index is -0.375. The molecule has 0 radical (unpaired) electrons. The van der Waals surface area contributed by atoms with Crippen LogP contribution in [0.1, 0.15) is 16.2 Å². The van der Waals surface area contributed by atoms with Crippen LogP contribution in [0.5, 0.6) is 0 Å². The van der Waals surface area contributed by atoms with Crippen molar-refractivity contribution < 1.29 is 9.53 Å². The summed E-state index contributed by atoms with van der Waals surface area (Å²) in [6.45, 7) is 1.94. The smallest absolute Gasteiger partial charge is 0.354 e. The van der Waals surface area contributed by atoms with Crippen molar-refractivity contribution in [1.82, 2.24) is 15.0 Å². The molecule has 19 heavy (non-hydrogen) atoms. The number of ether oxygens (including phenoxy) is 1. The van der Waals surface area contributed by atoms with Crippen LogP contribution in [0.2, 0.25) is 0 Å². The van der Waals surface area contributed by atoms with Crippen LogP contribution in [0.15, 0.2) is 30.5 Å². The first kappa shape index (κ1) is 11.5. The van der Waals surface area contributed by atoms with Crippen LogP contribution in [0.25, 0.3) is 22.3 Å². The number of fused-ring (bicyclic) bond motifs is 1. The van der Waals surface area contributed by atoms with Crippen molar-refractivity contribution in [2.24, 2.45) is 0 Å². The largest absolute Gasteiger partial charge is 0.464 e. The highest BCUT2D eigenvalue weighted by molar-refractivity contribution is 5.89. The van der Waals surface area contributed by atoms with Gasteiger partial charge >= 0.3 is 5.97 Å². The molecule has 0 aliphatic carbocycles. The van der Waals surface area contributed by atoms with Gasteiger partial charge in [0.1, 0.15) is 11.3 Å². The third kappa shape index (κ3) is 1.89. The molecule has 0 saturated carbocycles. The molecule has 96 valence electrons. The van der Waals surface area contributed by atoms with E-state index in [4.69, 9.17) is 0 Å². The van der Waals surface area contributed by atoms with E-state index in [1.807, 2.05) is 31.3 Å². The maximum absolute atomic E-state index is 11.4. The molecule has 2 N–H and O–H groups in total. The van der Waals surface area contributed by atoms with Crippen LogP contribution in [0.3, 0.4) is 0 Å². The molecule has 3 heterocycles. The number of aromatic amines is 2. The van der Waals surface area contributed by atoms with Gasteiger partial charge in [-0.25, -0.2) is 9.78 Å². The number of rotatable bonds is 2. The lowest BCUT2D eigenvalue weighted by molar-refractivity contribution is 0.0595. The van der Waals surface area contributed by atoms with Crippen molar-refractivity contribution in [2.75, 3.05) is 7.11 Å². The fourth-order valence-corrected chi connectivity index (χ4v) is 2.13. The summed E-state index contributed by atoms with van der Waals surface area (Å²) in [5.41, 5.74) is 4.02. The maximum atomic E-state index is 11.4. The Morgan fingerprint density at radius 3 is 2.95 bits per heavy atom. The lowest BCUT2D eigenvalue weighted by Gasteiger charge is -2.03. The molecule has 0 amide bonds. The number of hydrogen-bond acceptors (Lipinski definition) is 3. The summed E-state index contributed by atoms with van der Waals surface area (Å²) >= 11 is 0. The van der Waals surface area contributed by atoms with Gasteiger partial charge in [-0.15, -0.1) is 0 Å². The van der Waals surface area contributed by atoms with Crippen molar-refractivity contribution in [3.63, 3.8) is 0 Å². The normalized spacial score (nSPS) is 10.8. The first-order valence-corrected chi connectivity index (χ1v) is 5.91. The minimum absolute atomic E-state index is 0.375. The number of nitrogens with one attached hydrogen (secondary N) is 2. The summed E-state index contributed by atoms with van der Waals surface area (Å²) in [6.07, 6.45) is 1.86. The molecule has 0 atom stereocenters. The number of aryl methyl sites for hydroxylation is 1. The molecule has 0 fully saturated rings. The molecule has 0 saturated heterocycles. The molecule has 0 aliphatic heterocycles. The van der Waals surface area contributed by atoms with E-state index in [0.717, 1.165) is 28.0 Å². The Labute approximate surface area is 109 Å². The zero-order valence-corrected chi connectivity index (χ0v) is 10.7. The van der Waals surface area contributed by atoms with Gasteiger partial charge in [-0.1, -0.05) is 0 Å². The zero-order valence-electron chi connectivity index (χ0n) is 10.7. The lowest BCUT2D eigenvalue weighted by Crippen LogP contribution is -2.01. The van der Waals surface area contributed by atoms with Crippen molar-refractivity contribution in [1.29, 1.82) is 0 Å². The molecule has 0 aromatic carbocycles. The fraction of sp³-hybridized carbons (Fsp3) is 0.143. The molecular weight excluding hydrogens is 242 g/mol. The molecule has 5 heteroatoms. The second kappa shape index (κ2) is 4.28. The highest BCUT2D eigenvalue weighted by Gasteiger charge is 2.12. The van der Waals surface area contributed by atoms with Gasteiger partial charge in [0.25, 0.3) is 0 Å².